The van der Waals surface area contributed by atoms with Gasteiger partial charge in [0.25, 0.3) is 5.91 Å². The Labute approximate surface area is 290 Å². The van der Waals surface area contributed by atoms with Gasteiger partial charge in [-0.1, -0.05) is 36.4 Å². The number of amides is 2. The minimum absolute atomic E-state index is 0.151. The third-order valence-electron chi connectivity index (χ3n) is 7.41. The summed E-state index contributed by atoms with van der Waals surface area (Å²) in [6.07, 6.45) is -16.1. The summed E-state index contributed by atoms with van der Waals surface area (Å²) in [5, 5.41) is 4.83. The number of carbonyl (C=O) groups is 2. The summed E-state index contributed by atoms with van der Waals surface area (Å²) in [7, 11) is 0. The van der Waals surface area contributed by atoms with Gasteiger partial charge in [0.05, 0.1) is 11.1 Å². The number of carbonyl (C=O) groups excluding carboxylic acids is 2. The van der Waals surface area contributed by atoms with Crippen LogP contribution in [0.15, 0.2) is 84.9 Å². The van der Waals surface area contributed by atoms with Crippen LogP contribution in [0.5, 0.6) is 5.75 Å². The Morgan fingerprint density at radius 2 is 1.42 bits per heavy atom. The third-order valence-corrected chi connectivity index (χ3v) is 7.41. The number of alkyl carbamates (subject to hydrolysis) is 1. The van der Waals surface area contributed by atoms with Crippen LogP contribution in [0.4, 0.5) is 48.7 Å². The summed E-state index contributed by atoms with van der Waals surface area (Å²) >= 11 is 0. The van der Waals surface area contributed by atoms with Crippen molar-refractivity contribution in [2.24, 2.45) is 0 Å². The maximum absolute atomic E-state index is 15.3. The van der Waals surface area contributed by atoms with Crippen molar-refractivity contribution in [2.75, 3.05) is 0 Å². The molecule has 0 spiro atoms. The highest BCUT2D eigenvalue weighted by Gasteiger charge is 2.45. The summed E-state index contributed by atoms with van der Waals surface area (Å²) in [6.45, 7) is 4.18. The van der Waals surface area contributed by atoms with Gasteiger partial charge in [-0.05, 0) is 79.9 Å². The molecule has 0 bridgehead atoms. The van der Waals surface area contributed by atoms with E-state index in [0.717, 1.165) is 24.3 Å². The first kappa shape index (κ1) is 39.5. The minimum Gasteiger partial charge on any atom is -0.444 e. The van der Waals surface area contributed by atoms with Gasteiger partial charge in [-0.2, -0.15) is 30.7 Å². The second-order valence-electron chi connectivity index (χ2n) is 12.5. The Morgan fingerprint density at radius 3 is 2.04 bits per heavy atom. The normalized spacial score (nSPS) is 13.3. The van der Waals surface area contributed by atoms with Crippen molar-refractivity contribution in [3.8, 4) is 5.75 Å². The fraction of sp³-hybridized carbons (Fsp3) is 0.278. The number of ether oxygens (including phenoxy) is 2. The summed E-state index contributed by atoms with van der Waals surface area (Å²) in [5.74, 6) is -6.41. The molecule has 0 aromatic heterocycles. The van der Waals surface area contributed by atoms with Crippen LogP contribution in [0.25, 0.3) is 0 Å². The molecule has 0 aliphatic carbocycles. The van der Waals surface area contributed by atoms with Crippen LogP contribution < -0.4 is 15.4 Å². The van der Waals surface area contributed by atoms with Crippen molar-refractivity contribution < 1.29 is 63.0 Å². The lowest BCUT2D eigenvalue weighted by molar-refractivity contribution is -0.253. The molecule has 0 saturated carbocycles. The highest BCUT2D eigenvalue weighted by Crippen LogP contribution is 2.39. The largest absolute Gasteiger partial charge is 0.461 e. The first-order valence-corrected chi connectivity index (χ1v) is 15.2. The van der Waals surface area contributed by atoms with Gasteiger partial charge in [-0.25, -0.2) is 18.0 Å². The lowest BCUT2D eigenvalue weighted by Gasteiger charge is -2.37. The second-order valence-corrected chi connectivity index (χ2v) is 12.5. The predicted octanol–water partition coefficient (Wildman–Crippen LogP) is 9.30. The Hall–Kier alpha value is -5.28. The van der Waals surface area contributed by atoms with Gasteiger partial charge in [-0.3, -0.25) is 4.79 Å². The molecule has 4 rings (SSSR count). The maximum Gasteiger partial charge on any atom is 0.461 e. The van der Waals surface area contributed by atoms with E-state index in [-0.39, 0.29) is 17.2 Å². The predicted molar refractivity (Wildman–Crippen MR) is 167 cm³/mol. The van der Waals surface area contributed by atoms with Crippen molar-refractivity contribution >= 4 is 12.0 Å². The third kappa shape index (κ3) is 9.73. The molecule has 0 aliphatic heterocycles. The molecular weight excluding hydrogens is 714 g/mol. The smallest absolute Gasteiger partial charge is 0.444 e. The van der Waals surface area contributed by atoms with Crippen molar-refractivity contribution in [2.45, 2.75) is 63.6 Å². The Kier molecular flexibility index (Phi) is 11.5. The first-order valence-electron chi connectivity index (χ1n) is 15.2. The Morgan fingerprint density at radius 1 is 0.769 bits per heavy atom. The average molecular weight is 745 g/mol. The highest BCUT2D eigenvalue weighted by atomic mass is 19.4. The van der Waals surface area contributed by atoms with E-state index in [9.17, 15) is 44.7 Å². The van der Waals surface area contributed by atoms with Crippen molar-refractivity contribution in [1.29, 1.82) is 0 Å². The van der Waals surface area contributed by atoms with E-state index < -0.39 is 94.7 Å². The molecular formula is C36H30F10N2O4. The zero-order valence-corrected chi connectivity index (χ0v) is 27.5. The van der Waals surface area contributed by atoms with Crippen LogP contribution in [-0.4, -0.2) is 30.1 Å². The van der Waals surface area contributed by atoms with E-state index in [1.165, 1.54) is 12.1 Å². The molecule has 1 unspecified atom stereocenters. The highest BCUT2D eigenvalue weighted by molar-refractivity contribution is 5.95. The zero-order chi connectivity index (χ0) is 38.6. The summed E-state index contributed by atoms with van der Waals surface area (Å²) in [4.78, 5) is 26.2. The van der Waals surface area contributed by atoms with E-state index in [1.807, 2.05) is 0 Å². The lowest BCUT2D eigenvalue weighted by atomic mass is 9.77. The van der Waals surface area contributed by atoms with Crippen LogP contribution >= 0.6 is 0 Å². The number of nitrogens with one attached hydrogen (secondary N) is 2. The van der Waals surface area contributed by atoms with E-state index >= 15 is 8.78 Å². The molecule has 0 aliphatic rings. The van der Waals surface area contributed by atoms with Crippen LogP contribution in [0.3, 0.4) is 0 Å². The van der Waals surface area contributed by atoms with Crippen LogP contribution in [-0.2, 0) is 29.4 Å². The summed E-state index contributed by atoms with van der Waals surface area (Å²) < 4.78 is 149. The average Bonchev–Trinajstić information content (AvgIpc) is 3.02. The Bertz CT molecular complexity index is 1910. The number of rotatable bonds is 11. The minimum atomic E-state index is -5.24. The van der Waals surface area contributed by atoms with Gasteiger partial charge in [0.2, 0.25) is 0 Å². The molecule has 0 radical (unpaired) electrons. The van der Waals surface area contributed by atoms with Crippen LogP contribution in [0.1, 0.15) is 58.9 Å². The Balaban J connectivity index is 1.98. The molecule has 0 heterocycles. The molecule has 4 aromatic rings. The van der Waals surface area contributed by atoms with Crippen molar-refractivity contribution in [3.63, 3.8) is 0 Å². The van der Waals surface area contributed by atoms with Gasteiger partial charge >= 0.3 is 24.8 Å². The summed E-state index contributed by atoms with van der Waals surface area (Å²) in [6, 6.07) is 13.8. The fourth-order valence-corrected chi connectivity index (χ4v) is 5.14. The van der Waals surface area contributed by atoms with Gasteiger partial charge in [0.15, 0.2) is 0 Å². The SMILES string of the molecule is CC(C)(C)OC(=O)NCc1cc(C(Cc2ccccc2)(NC(=O)c2ccc(F)c(C(F)(F)F)c2)c2cc(F)cc(OC(F)(F)C(F)F)c2)ccc1F. The molecule has 1 atom stereocenters. The molecule has 0 fully saturated rings. The quantitative estimate of drug-likeness (QED) is 0.150. The van der Waals surface area contributed by atoms with Gasteiger partial charge < -0.3 is 20.1 Å². The summed E-state index contributed by atoms with van der Waals surface area (Å²) in [5.41, 5.74) is -6.29. The van der Waals surface area contributed by atoms with E-state index in [0.29, 0.717) is 29.8 Å². The maximum atomic E-state index is 15.3. The van der Waals surface area contributed by atoms with Gasteiger partial charge in [-0.15, -0.1) is 0 Å². The van der Waals surface area contributed by atoms with Crippen molar-refractivity contribution in [3.05, 3.63) is 136 Å². The fourth-order valence-electron chi connectivity index (χ4n) is 5.14. The monoisotopic (exact) mass is 744 g/mol. The van der Waals surface area contributed by atoms with Gasteiger partial charge in [0, 0.05) is 30.2 Å². The number of benzene rings is 4. The molecule has 278 valence electrons. The lowest BCUT2D eigenvalue weighted by Crippen LogP contribution is -2.49. The van der Waals surface area contributed by atoms with E-state index in [2.05, 4.69) is 15.4 Å². The molecule has 6 nitrogen and oxygen atoms in total. The van der Waals surface area contributed by atoms with Crippen molar-refractivity contribution in [1.82, 2.24) is 10.6 Å². The first-order chi connectivity index (χ1) is 24.1. The van der Waals surface area contributed by atoms with E-state index in [4.69, 9.17) is 4.74 Å². The number of hydrogen-bond donors (Lipinski definition) is 2. The molecule has 16 heteroatoms. The van der Waals surface area contributed by atoms with Crippen LogP contribution in [0, 0.1) is 17.5 Å². The van der Waals surface area contributed by atoms with E-state index in [1.54, 1.807) is 39.0 Å². The second kappa shape index (κ2) is 15.1. The molecule has 2 N–H and O–H groups in total. The number of hydrogen-bond acceptors (Lipinski definition) is 4. The number of halogens is 10. The standard InChI is InChI=1S/C36H30F10N2O4/c1-33(2,3)52-32(50)47-19-22-13-23(10-12-28(22)38)34(18-20-7-5-4-6-8-20,24-15-25(37)17-26(16-24)51-36(45,46)31(40)41)48-30(49)21-9-11-29(39)27(14-21)35(42,43)44/h4-17,31H,18-19H2,1-3H3,(H,47,50)(H,48,49). The topological polar surface area (TPSA) is 76.7 Å². The molecule has 52 heavy (non-hydrogen) atoms. The molecule has 2 amide bonds. The van der Waals surface area contributed by atoms with Crippen LogP contribution in [0.2, 0.25) is 0 Å². The zero-order valence-electron chi connectivity index (χ0n) is 27.5. The van der Waals surface area contributed by atoms with Gasteiger partial charge in [0.1, 0.15) is 28.8 Å². The molecule has 4 aromatic carbocycles. The number of alkyl halides is 7. The molecule has 0 saturated heterocycles.